The molecule has 1 aliphatic carbocycles. The molecule has 1 atom stereocenters. The Morgan fingerprint density at radius 1 is 1.45 bits per heavy atom. The van der Waals surface area contributed by atoms with Crippen LogP contribution in [0.4, 0.5) is 0 Å². The summed E-state index contributed by atoms with van der Waals surface area (Å²) in [6.07, 6.45) is 0.833. The number of hydrogen-bond acceptors (Lipinski definition) is 3. The van der Waals surface area contributed by atoms with E-state index in [9.17, 15) is 9.90 Å². The molecule has 2 N–H and O–H groups in total. The minimum absolute atomic E-state index is 0.0660. The molecule has 3 nitrogen and oxygen atoms in total. The number of carbonyl (C=O) groups is 1. The number of aliphatic hydroxyl groups is 2. The SMILES string of the molecule is C[C@@H](O)C1=C(O)CCCC1=O. The molecule has 0 aliphatic heterocycles. The predicted molar refractivity (Wildman–Crippen MR) is 40.2 cm³/mol. The second-order valence-electron chi connectivity index (χ2n) is 2.81. The van der Waals surface area contributed by atoms with Crippen LogP contribution >= 0.6 is 0 Å². The molecule has 0 heterocycles. The first-order valence-corrected chi connectivity index (χ1v) is 3.76. The Morgan fingerprint density at radius 3 is 2.45 bits per heavy atom. The molecule has 0 bridgehead atoms. The van der Waals surface area contributed by atoms with Gasteiger partial charge in [0.1, 0.15) is 5.76 Å². The number of Topliss-reactive ketones (excluding diaryl/α,β-unsaturated/α-hetero) is 1. The van der Waals surface area contributed by atoms with Gasteiger partial charge < -0.3 is 10.2 Å². The molecule has 1 aliphatic rings. The van der Waals surface area contributed by atoms with Crippen LogP contribution in [0.2, 0.25) is 0 Å². The lowest BCUT2D eigenvalue weighted by molar-refractivity contribution is -0.117. The van der Waals surface area contributed by atoms with Gasteiger partial charge in [-0.2, -0.15) is 0 Å². The zero-order valence-electron chi connectivity index (χ0n) is 6.50. The summed E-state index contributed by atoms with van der Waals surface area (Å²) in [5.41, 5.74) is 0.205. The first kappa shape index (κ1) is 8.27. The molecule has 0 aromatic heterocycles. The lowest BCUT2D eigenvalue weighted by Crippen LogP contribution is -2.20. The van der Waals surface area contributed by atoms with E-state index in [4.69, 9.17) is 5.11 Å². The summed E-state index contributed by atoms with van der Waals surface area (Å²) in [5, 5.41) is 18.3. The summed E-state index contributed by atoms with van der Waals surface area (Å²) in [4.78, 5) is 11.1. The van der Waals surface area contributed by atoms with E-state index in [0.29, 0.717) is 19.3 Å². The summed E-state index contributed by atoms with van der Waals surface area (Å²) in [6.45, 7) is 1.49. The Hall–Kier alpha value is -0.830. The third-order valence-electron chi connectivity index (χ3n) is 1.85. The van der Waals surface area contributed by atoms with Crippen molar-refractivity contribution in [2.75, 3.05) is 0 Å². The molecular formula is C8H12O3. The van der Waals surface area contributed by atoms with Crippen LogP contribution in [0.3, 0.4) is 0 Å². The van der Waals surface area contributed by atoms with Crippen molar-refractivity contribution < 1.29 is 15.0 Å². The predicted octanol–water partition coefficient (Wildman–Crippen LogP) is 0.932. The highest BCUT2D eigenvalue weighted by Crippen LogP contribution is 2.22. The van der Waals surface area contributed by atoms with Crippen molar-refractivity contribution in [1.82, 2.24) is 0 Å². The third-order valence-corrected chi connectivity index (χ3v) is 1.85. The minimum Gasteiger partial charge on any atom is -0.512 e. The zero-order valence-corrected chi connectivity index (χ0v) is 6.50. The lowest BCUT2D eigenvalue weighted by Gasteiger charge is -2.16. The molecule has 0 unspecified atom stereocenters. The quantitative estimate of drug-likeness (QED) is 0.593. The maximum Gasteiger partial charge on any atom is 0.164 e. The molecule has 0 saturated carbocycles. The van der Waals surface area contributed by atoms with E-state index < -0.39 is 6.10 Å². The van der Waals surface area contributed by atoms with E-state index in [1.54, 1.807) is 0 Å². The van der Waals surface area contributed by atoms with Gasteiger partial charge in [-0.25, -0.2) is 0 Å². The number of rotatable bonds is 1. The maximum atomic E-state index is 11.1. The van der Waals surface area contributed by atoms with Gasteiger partial charge in [0.2, 0.25) is 0 Å². The van der Waals surface area contributed by atoms with Gasteiger partial charge in [0, 0.05) is 12.8 Å². The fraction of sp³-hybridized carbons (Fsp3) is 0.625. The largest absolute Gasteiger partial charge is 0.512 e. The second-order valence-corrected chi connectivity index (χ2v) is 2.81. The van der Waals surface area contributed by atoms with E-state index in [0.717, 1.165) is 0 Å². The molecule has 0 saturated heterocycles. The molecule has 3 heteroatoms. The van der Waals surface area contributed by atoms with Gasteiger partial charge in [-0.15, -0.1) is 0 Å². The number of hydrogen-bond donors (Lipinski definition) is 2. The number of aliphatic hydroxyl groups excluding tert-OH is 2. The molecule has 0 radical (unpaired) electrons. The summed E-state index contributed by atoms with van der Waals surface area (Å²) < 4.78 is 0. The van der Waals surface area contributed by atoms with Crippen LogP contribution in [0.15, 0.2) is 11.3 Å². The fourth-order valence-electron chi connectivity index (χ4n) is 1.32. The first-order chi connectivity index (χ1) is 5.13. The van der Waals surface area contributed by atoms with Crippen LogP contribution in [0.5, 0.6) is 0 Å². The van der Waals surface area contributed by atoms with Gasteiger partial charge in [-0.1, -0.05) is 0 Å². The molecule has 0 amide bonds. The minimum atomic E-state index is -0.831. The van der Waals surface area contributed by atoms with Gasteiger partial charge >= 0.3 is 0 Å². The van der Waals surface area contributed by atoms with Gasteiger partial charge in [-0.05, 0) is 13.3 Å². The molecule has 0 aromatic rings. The highest BCUT2D eigenvalue weighted by atomic mass is 16.3. The van der Waals surface area contributed by atoms with Gasteiger partial charge in [0.15, 0.2) is 5.78 Å². The van der Waals surface area contributed by atoms with Crippen molar-refractivity contribution in [3.8, 4) is 0 Å². The van der Waals surface area contributed by atoms with Crippen LogP contribution in [-0.4, -0.2) is 22.1 Å². The van der Waals surface area contributed by atoms with Crippen LogP contribution < -0.4 is 0 Å². The Kier molecular flexibility index (Phi) is 2.29. The van der Waals surface area contributed by atoms with Crippen LogP contribution in [0.1, 0.15) is 26.2 Å². The van der Waals surface area contributed by atoms with E-state index in [1.165, 1.54) is 6.92 Å². The zero-order chi connectivity index (χ0) is 8.43. The van der Waals surface area contributed by atoms with E-state index in [1.807, 2.05) is 0 Å². The highest BCUT2D eigenvalue weighted by Gasteiger charge is 2.23. The van der Waals surface area contributed by atoms with Gasteiger partial charge in [0.25, 0.3) is 0 Å². The number of carbonyl (C=O) groups excluding carboxylic acids is 1. The van der Waals surface area contributed by atoms with Crippen molar-refractivity contribution in [2.24, 2.45) is 0 Å². The number of allylic oxidation sites excluding steroid dienone is 1. The normalized spacial score (nSPS) is 22.2. The molecule has 0 aromatic carbocycles. The average molecular weight is 156 g/mol. The molecule has 1 rings (SSSR count). The molecule has 62 valence electrons. The fourth-order valence-corrected chi connectivity index (χ4v) is 1.32. The van der Waals surface area contributed by atoms with Crippen LogP contribution in [0.25, 0.3) is 0 Å². The molecule has 11 heavy (non-hydrogen) atoms. The average Bonchev–Trinajstić information content (AvgIpc) is 1.85. The van der Waals surface area contributed by atoms with E-state index in [2.05, 4.69) is 0 Å². The summed E-state index contributed by atoms with van der Waals surface area (Å²) >= 11 is 0. The molecule has 0 spiro atoms. The van der Waals surface area contributed by atoms with E-state index >= 15 is 0 Å². The Balaban J connectivity index is 2.91. The lowest BCUT2D eigenvalue weighted by atomic mass is 9.93. The van der Waals surface area contributed by atoms with E-state index in [-0.39, 0.29) is 17.1 Å². The van der Waals surface area contributed by atoms with Crippen LogP contribution in [-0.2, 0) is 4.79 Å². The molecule has 0 fully saturated rings. The standard InChI is InChI=1S/C8H12O3/c1-5(9)8-6(10)3-2-4-7(8)11/h5,9-10H,2-4H2,1H3/t5-/m1/s1. The molecular weight excluding hydrogens is 144 g/mol. The van der Waals surface area contributed by atoms with Crippen molar-refractivity contribution in [1.29, 1.82) is 0 Å². The Bertz CT molecular complexity index is 203. The second kappa shape index (κ2) is 3.05. The van der Waals surface area contributed by atoms with Crippen LogP contribution in [0, 0.1) is 0 Å². The van der Waals surface area contributed by atoms with Crippen molar-refractivity contribution in [3.05, 3.63) is 11.3 Å². The van der Waals surface area contributed by atoms with Crippen molar-refractivity contribution in [2.45, 2.75) is 32.3 Å². The Labute approximate surface area is 65.3 Å². The smallest absolute Gasteiger partial charge is 0.164 e. The Morgan fingerprint density at radius 2 is 2.09 bits per heavy atom. The van der Waals surface area contributed by atoms with Gasteiger partial charge in [-0.3, -0.25) is 4.79 Å². The topological polar surface area (TPSA) is 57.5 Å². The third kappa shape index (κ3) is 1.60. The number of ketones is 1. The van der Waals surface area contributed by atoms with Crippen molar-refractivity contribution >= 4 is 5.78 Å². The summed E-state index contributed by atoms with van der Waals surface area (Å²) in [5.74, 6) is -0.0556. The summed E-state index contributed by atoms with van der Waals surface area (Å²) in [7, 11) is 0. The van der Waals surface area contributed by atoms with Crippen molar-refractivity contribution in [3.63, 3.8) is 0 Å². The first-order valence-electron chi connectivity index (χ1n) is 3.76. The highest BCUT2D eigenvalue weighted by molar-refractivity contribution is 5.97. The monoisotopic (exact) mass is 156 g/mol. The summed E-state index contributed by atoms with van der Waals surface area (Å²) in [6, 6.07) is 0. The maximum absolute atomic E-state index is 11.1. The van der Waals surface area contributed by atoms with Gasteiger partial charge in [0.05, 0.1) is 11.7 Å².